The Morgan fingerprint density at radius 2 is 1.93 bits per heavy atom. The van der Waals surface area contributed by atoms with E-state index in [9.17, 15) is 5.11 Å². The molecule has 29 heavy (non-hydrogen) atoms. The highest BCUT2D eigenvalue weighted by molar-refractivity contribution is 9.10. The molecule has 1 unspecified atom stereocenters. The van der Waals surface area contributed by atoms with Crippen LogP contribution in [0.15, 0.2) is 51.9 Å². The Labute approximate surface area is 180 Å². The van der Waals surface area contributed by atoms with Crippen LogP contribution in [0.3, 0.4) is 0 Å². The van der Waals surface area contributed by atoms with Gasteiger partial charge in [0.15, 0.2) is 11.5 Å². The van der Waals surface area contributed by atoms with Crippen LogP contribution in [0.25, 0.3) is 0 Å². The van der Waals surface area contributed by atoms with E-state index in [1.54, 1.807) is 13.2 Å². The SMILES string of the molecule is CCN1CCC2(CC1)N=C(c1ccc(Br)cc1)CC(c1cccc(OC)c1O)N2. The van der Waals surface area contributed by atoms with E-state index >= 15 is 0 Å². The lowest BCUT2D eigenvalue weighted by atomic mass is 9.87. The molecule has 2 N–H and O–H groups in total. The minimum absolute atomic E-state index is 0.0191. The summed E-state index contributed by atoms with van der Waals surface area (Å²) >= 11 is 3.52. The van der Waals surface area contributed by atoms with Gasteiger partial charge in [-0.1, -0.05) is 47.1 Å². The zero-order chi connectivity index (χ0) is 20.4. The summed E-state index contributed by atoms with van der Waals surface area (Å²) in [4.78, 5) is 7.71. The van der Waals surface area contributed by atoms with Crippen molar-refractivity contribution in [1.82, 2.24) is 10.2 Å². The van der Waals surface area contributed by atoms with Gasteiger partial charge in [-0.2, -0.15) is 0 Å². The highest BCUT2D eigenvalue weighted by Crippen LogP contribution is 2.40. The van der Waals surface area contributed by atoms with E-state index in [1.165, 1.54) is 0 Å². The van der Waals surface area contributed by atoms with Crippen LogP contribution in [0.5, 0.6) is 11.5 Å². The third kappa shape index (κ3) is 4.20. The van der Waals surface area contributed by atoms with Gasteiger partial charge in [-0.25, -0.2) is 0 Å². The van der Waals surface area contributed by atoms with Crippen molar-refractivity contribution in [2.75, 3.05) is 26.7 Å². The number of aromatic hydroxyl groups is 1. The molecule has 2 aliphatic heterocycles. The number of hydrogen-bond donors (Lipinski definition) is 2. The van der Waals surface area contributed by atoms with Gasteiger partial charge in [-0.3, -0.25) is 10.3 Å². The lowest BCUT2D eigenvalue weighted by molar-refractivity contribution is 0.129. The van der Waals surface area contributed by atoms with Gasteiger partial charge in [0.1, 0.15) is 5.66 Å². The number of rotatable bonds is 4. The molecule has 6 heteroatoms. The van der Waals surface area contributed by atoms with Crippen LogP contribution in [0.2, 0.25) is 0 Å². The normalized spacial score (nSPS) is 21.8. The number of benzene rings is 2. The lowest BCUT2D eigenvalue weighted by Gasteiger charge is -2.45. The second-order valence-corrected chi connectivity index (χ2v) is 8.75. The summed E-state index contributed by atoms with van der Waals surface area (Å²) in [6.07, 6.45) is 2.64. The second-order valence-electron chi connectivity index (χ2n) is 7.83. The fourth-order valence-electron chi connectivity index (χ4n) is 4.40. The van der Waals surface area contributed by atoms with E-state index in [0.717, 1.165) is 60.2 Å². The first-order valence-corrected chi connectivity index (χ1v) is 11.0. The van der Waals surface area contributed by atoms with E-state index in [0.29, 0.717) is 5.75 Å². The van der Waals surface area contributed by atoms with Gasteiger partial charge in [0.05, 0.1) is 7.11 Å². The van der Waals surface area contributed by atoms with E-state index in [4.69, 9.17) is 9.73 Å². The fraction of sp³-hybridized carbons (Fsp3) is 0.435. The van der Waals surface area contributed by atoms with Gasteiger partial charge in [0.2, 0.25) is 0 Å². The Bertz CT molecular complexity index is 889. The number of phenols is 1. The molecule has 4 rings (SSSR count). The minimum atomic E-state index is -0.299. The molecule has 0 aromatic heterocycles. The third-order valence-electron chi connectivity index (χ3n) is 6.12. The average molecular weight is 458 g/mol. The molecular formula is C23H28BrN3O2. The quantitative estimate of drug-likeness (QED) is 0.709. The van der Waals surface area contributed by atoms with Crippen molar-refractivity contribution in [3.63, 3.8) is 0 Å². The summed E-state index contributed by atoms with van der Waals surface area (Å²) in [6, 6.07) is 14.0. The van der Waals surface area contributed by atoms with Crippen molar-refractivity contribution in [2.24, 2.45) is 4.99 Å². The van der Waals surface area contributed by atoms with Gasteiger partial charge in [0, 0.05) is 41.3 Å². The number of nitrogens with one attached hydrogen (secondary N) is 1. The van der Waals surface area contributed by atoms with Crippen molar-refractivity contribution in [3.8, 4) is 11.5 Å². The minimum Gasteiger partial charge on any atom is -0.504 e. The molecule has 1 spiro atoms. The molecule has 1 atom stereocenters. The van der Waals surface area contributed by atoms with Crippen LogP contribution in [0.4, 0.5) is 0 Å². The highest BCUT2D eigenvalue weighted by atomic mass is 79.9. The van der Waals surface area contributed by atoms with Crippen LogP contribution in [0.1, 0.15) is 43.4 Å². The van der Waals surface area contributed by atoms with Gasteiger partial charge in [-0.05, 0) is 43.1 Å². The zero-order valence-electron chi connectivity index (χ0n) is 17.0. The first-order valence-electron chi connectivity index (χ1n) is 10.2. The van der Waals surface area contributed by atoms with Gasteiger partial charge < -0.3 is 14.7 Å². The average Bonchev–Trinajstić information content (AvgIpc) is 2.74. The maximum atomic E-state index is 10.8. The number of nitrogens with zero attached hydrogens (tertiary/aromatic N) is 2. The maximum absolute atomic E-state index is 10.8. The number of piperidine rings is 1. The van der Waals surface area contributed by atoms with Gasteiger partial charge in [-0.15, -0.1) is 0 Å². The largest absolute Gasteiger partial charge is 0.504 e. The summed E-state index contributed by atoms with van der Waals surface area (Å²) in [5, 5.41) is 14.6. The van der Waals surface area contributed by atoms with E-state index in [-0.39, 0.29) is 17.5 Å². The van der Waals surface area contributed by atoms with E-state index in [2.05, 4.69) is 57.3 Å². The third-order valence-corrected chi connectivity index (χ3v) is 6.65. The van der Waals surface area contributed by atoms with Crippen LogP contribution in [-0.2, 0) is 0 Å². The monoisotopic (exact) mass is 457 g/mol. The lowest BCUT2D eigenvalue weighted by Crippen LogP contribution is -2.56. The summed E-state index contributed by atoms with van der Waals surface area (Å²) in [5.41, 5.74) is 2.80. The maximum Gasteiger partial charge on any atom is 0.162 e. The Morgan fingerprint density at radius 3 is 2.59 bits per heavy atom. The molecule has 0 bridgehead atoms. The molecule has 2 aliphatic rings. The Balaban J connectivity index is 1.72. The zero-order valence-corrected chi connectivity index (χ0v) is 18.6. The van der Waals surface area contributed by atoms with Crippen molar-refractivity contribution in [2.45, 2.75) is 37.9 Å². The van der Waals surface area contributed by atoms with Crippen LogP contribution in [0, 0.1) is 0 Å². The molecule has 1 fully saturated rings. The highest BCUT2D eigenvalue weighted by Gasteiger charge is 2.40. The number of likely N-dealkylation sites (tertiary alicyclic amines) is 1. The number of hydrogen-bond acceptors (Lipinski definition) is 5. The predicted octanol–water partition coefficient (Wildman–Crippen LogP) is 4.50. The molecule has 0 saturated carbocycles. The van der Waals surface area contributed by atoms with Crippen molar-refractivity contribution >= 4 is 21.6 Å². The van der Waals surface area contributed by atoms with Gasteiger partial charge in [0.25, 0.3) is 0 Å². The number of aliphatic imine (C=N–C) groups is 1. The Kier molecular flexibility index (Phi) is 5.95. The van der Waals surface area contributed by atoms with Gasteiger partial charge >= 0.3 is 0 Å². The second kappa shape index (κ2) is 8.46. The van der Waals surface area contributed by atoms with Crippen molar-refractivity contribution < 1.29 is 9.84 Å². The number of methoxy groups -OCH3 is 1. The fourth-order valence-corrected chi connectivity index (χ4v) is 4.66. The number of phenolic OH excluding ortho intramolecular Hbond substituents is 1. The van der Waals surface area contributed by atoms with Crippen LogP contribution in [-0.4, -0.2) is 48.1 Å². The Morgan fingerprint density at radius 1 is 1.21 bits per heavy atom. The molecule has 1 saturated heterocycles. The molecule has 154 valence electrons. The van der Waals surface area contributed by atoms with Crippen LogP contribution >= 0.6 is 15.9 Å². The number of para-hydroxylation sites is 1. The van der Waals surface area contributed by atoms with Crippen molar-refractivity contribution in [3.05, 3.63) is 58.1 Å². The van der Waals surface area contributed by atoms with Crippen LogP contribution < -0.4 is 10.1 Å². The Hall–Kier alpha value is -1.89. The molecule has 5 nitrogen and oxygen atoms in total. The van der Waals surface area contributed by atoms with E-state index in [1.807, 2.05) is 12.1 Å². The molecule has 0 radical (unpaired) electrons. The molecule has 2 aromatic carbocycles. The summed E-state index contributed by atoms with van der Waals surface area (Å²) in [7, 11) is 1.59. The van der Waals surface area contributed by atoms with Crippen molar-refractivity contribution in [1.29, 1.82) is 0 Å². The molecule has 2 aromatic rings. The predicted molar refractivity (Wildman–Crippen MR) is 120 cm³/mol. The molecule has 0 amide bonds. The first kappa shape index (κ1) is 20.4. The number of halogens is 1. The smallest absolute Gasteiger partial charge is 0.162 e. The molecule has 0 aliphatic carbocycles. The number of ether oxygens (including phenoxy) is 1. The summed E-state index contributed by atoms with van der Waals surface area (Å²) in [6.45, 7) is 5.33. The topological polar surface area (TPSA) is 57.1 Å². The summed E-state index contributed by atoms with van der Waals surface area (Å²) < 4.78 is 6.41. The standard InChI is InChI=1S/C23H28BrN3O2/c1-3-27-13-11-23(12-14-27)25-19(16-7-9-17(24)10-8-16)15-20(26-23)18-5-4-6-21(29-2)22(18)28/h4-10,20,26,28H,3,11-15H2,1-2H3. The first-order chi connectivity index (χ1) is 14.0. The van der Waals surface area contributed by atoms with E-state index < -0.39 is 0 Å². The summed E-state index contributed by atoms with van der Waals surface area (Å²) in [5.74, 6) is 0.720. The molecular weight excluding hydrogens is 430 g/mol. The molecule has 2 heterocycles.